The van der Waals surface area contributed by atoms with E-state index >= 15 is 0 Å². The molecule has 2 aromatic carbocycles. The number of fused-ring (bicyclic) bond motifs is 1. The largest absolute Gasteiger partial charge is 0.496 e. The summed E-state index contributed by atoms with van der Waals surface area (Å²) in [5, 5.41) is 0. The van der Waals surface area contributed by atoms with E-state index in [1.54, 1.807) is 7.11 Å². The molecule has 1 aliphatic rings. The highest BCUT2D eigenvalue weighted by Gasteiger charge is 2.27. The lowest BCUT2D eigenvalue weighted by molar-refractivity contribution is 0.399. The average molecular weight is 292 g/mol. The maximum absolute atomic E-state index is 5.89. The van der Waals surface area contributed by atoms with Gasteiger partial charge in [-0.15, -0.1) is 0 Å². The van der Waals surface area contributed by atoms with Crippen LogP contribution in [0, 0.1) is 0 Å². The summed E-state index contributed by atoms with van der Waals surface area (Å²) in [7, 11) is 1.79. The first-order chi connectivity index (χ1) is 10.4. The van der Waals surface area contributed by atoms with E-state index in [4.69, 9.17) is 4.74 Å². The summed E-state index contributed by atoms with van der Waals surface area (Å²) in [6.07, 6.45) is 3.36. The molecular weight excluding hydrogens is 268 g/mol. The monoisotopic (exact) mass is 292 g/mol. The van der Waals surface area contributed by atoms with Crippen LogP contribution >= 0.6 is 0 Å². The van der Waals surface area contributed by atoms with Crippen molar-refractivity contribution in [1.82, 2.24) is 0 Å². The minimum atomic E-state index is 0.0560. The van der Waals surface area contributed by atoms with Gasteiger partial charge in [-0.25, -0.2) is 0 Å². The number of allylic oxidation sites excluding steroid dienone is 1. The zero-order chi connectivity index (χ0) is 15.9. The third-order valence-electron chi connectivity index (χ3n) is 4.34. The summed E-state index contributed by atoms with van der Waals surface area (Å²) < 4.78 is 5.89. The molecule has 0 heterocycles. The molecule has 0 radical (unpaired) electrons. The molecule has 0 bridgehead atoms. The summed E-state index contributed by atoms with van der Waals surface area (Å²) in [4.78, 5) is 0. The SMILES string of the molecule is COc1c(C(C)(C)C)cc2c(c1-c1ccccc1)C=C(C)C2. The van der Waals surface area contributed by atoms with Gasteiger partial charge in [-0.1, -0.05) is 68.8 Å². The first-order valence-electron chi connectivity index (χ1n) is 7.88. The Bertz CT molecular complexity index is 731. The molecule has 1 aliphatic carbocycles. The smallest absolute Gasteiger partial charge is 0.131 e. The molecule has 0 aromatic heterocycles. The maximum Gasteiger partial charge on any atom is 0.131 e. The van der Waals surface area contributed by atoms with E-state index in [-0.39, 0.29) is 5.41 Å². The van der Waals surface area contributed by atoms with Crippen LogP contribution in [0.15, 0.2) is 42.0 Å². The van der Waals surface area contributed by atoms with Gasteiger partial charge in [0.25, 0.3) is 0 Å². The minimum Gasteiger partial charge on any atom is -0.496 e. The molecule has 22 heavy (non-hydrogen) atoms. The van der Waals surface area contributed by atoms with Crippen LogP contribution in [0.5, 0.6) is 5.75 Å². The number of rotatable bonds is 2. The predicted octanol–water partition coefficient (Wildman–Crippen LogP) is 5.62. The van der Waals surface area contributed by atoms with Crippen LogP contribution in [0.1, 0.15) is 44.4 Å². The second kappa shape index (κ2) is 5.31. The van der Waals surface area contributed by atoms with E-state index in [2.05, 4.69) is 70.2 Å². The molecule has 0 amide bonds. The molecule has 1 nitrogen and oxygen atoms in total. The van der Waals surface area contributed by atoms with Crippen molar-refractivity contribution < 1.29 is 4.74 Å². The van der Waals surface area contributed by atoms with Crippen molar-refractivity contribution in [2.75, 3.05) is 7.11 Å². The Kier molecular flexibility index (Phi) is 3.60. The third-order valence-corrected chi connectivity index (χ3v) is 4.34. The van der Waals surface area contributed by atoms with Crippen molar-refractivity contribution in [3.63, 3.8) is 0 Å². The fraction of sp³-hybridized carbons (Fsp3) is 0.333. The van der Waals surface area contributed by atoms with Crippen LogP contribution in [0.25, 0.3) is 17.2 Å². The maximum atomic E-state index is 5.89. The van der Waals surface area contributed by atoms with Crippen LogP contribution in [-0.4, -0.2) is 7.11 Å². The summed E-state index contributed by atoms with van der Waals surface area (Å²) in [5.41, 5.74) is 7.97. The Hall–Kier alpha value is -2.02. The fourth-order valence-corrected chi connectivity index (χ4v) is 3.30. The lowest BCUT2D eigenvalue weighted by atomic mass is 9.81. The third kappa shape index (κ3) is 2.45. The Labute approximate surface area is 133 Å². The molecule has 0 fully saturated rings. The van der Waals surface area contributed by atoms with Gasteiger partial charge in [0.2, 0.25) is 0 Å². The minimum absolute atomic E-state index is 0.0560. The topological polar surface area (TPSA) is 9.23 Å². The van der Waals surface area contributed by atoms with Gasteiger partial charge in [0.1, 0.15) is 5.75 Å². The molecule has 0 saturated carbocycles. The Morgan fingerprint density at radius 1 is 1.05 bits per heavy atom. The quantitative estimate of drug-likeness (QED) is 0.698. The number of hydrogen-bond donors (Lipinski definition) is 0. The molecule has 0 spiro atoms. The van der Waals surface area contributed by atoms with E-state index in [0.717, 1.165) is 12.2 Å². The van der Waals surface area contributed by atoms with Gasteiger partial charge in [-0.3, -0.25) is 0 Å². The van der Waals surface area contributed by atoms with E-state index in [0.29, 0.717) is 0 Å². The lowest BCUT2D eigenvalue weighted by Gasteiger charge is -2.26. The molecule has 0 saturated heterocycles. The molecule has 2 aromatic rings. The predicted molar refractivity (Wildman–Crippen MR) is 94.5 cm³/mol. The Balaban J connectivity index is 2.37. The number of benzene rings is 2. The van der Waals surface area contributed by atoms with Crippen molar-refractivity contribution in [1.29, 1.82) is 0 Å². The first-order valence-corrected chi connectivity index (χ1v) is 7.88. The Morgan fingerprint density at radius 3 is 2.32 bits per heavy atom. The molecule has 3 rings (SSSR count). The fourth-order valence-electron chi connectivity index (χ4n) is 3.30. The highest BCUT2D eigenvalue weighted by Crippen LogP contribution is 2.46. The molecule has 0 atom stereocenters. The second-order valence-corrected chi connectivity index (χ2v) is 7.19. The van der Waals surface area contributed by atoms with E-state index in [1.165, 1.54) is 33.4 Å². The zero-order valence-corrected chi connectivity index (χ0v) is 14.2. The van der Waals surface area contributed by atoms with E-state index < -0.39 is 0 Å². The van der Waals surface area contributed by atoms with Crippen LogP contribution < -0.4 is 4.74 Å². The van der Waals surface area contributed by atoms with Gasteiger partial charge in [-0.2, -0.15) is 0 Å². The van der Waals surface area contributed by atoms with Gasteiger partial charge in [0.05, 0.1) is 7.11 Å². The first kappa shape index (κ1) is 14.9. The standard InChI is InChI=1S/C21H24O/c1-14-11-16-13-18(21(2,3)4)20(22-5)19(17(16)12-14)15-9-7-6-8-10-15/h6-10,12-13H,11H2,1-5H3. The van der Waals surface area contributed by atoms with Gasteiger partial charge >= 0.3 is 0 Å². The van der Waals surface area contributed by atoms with Crippen LogP contribution in [0.4, 0.5) is 0 Å². The molecule has 0 unspecified atom stereocenters. The van der Waals surface area contributed by atoms with Crippen molar-refractivity contribution in [2.45, 2.75) is 39.5 Å². The van der Waals surface area contributed by atoms with Crippen molar-refractivity contribution >= 4 is 6.08 Å². The van der Waals surface area contributed by atoms with E-state index in [9.17, 15) is 0 Å². The van der Waals surface area contributed by atoms with E-state index in [1.807, 2.05) is 0 Å². The lowest BCUT2D eigenvalue weighted by Crippen LogP contribution is -2.14. The molecule has 114 valence electrons. The van der Waals surface area contributed by atoms with Crippen LogP contribution in [-0.2, 0) is 11.8 Å². The average Bonchev–Trinajstić information content (AvgIpc) is 2.85. The number of methoxy groups -OCH3 is 1. The number of ether oxygens (including phenoxy) is 1. The van der Waals surface area contributed by atoms with Crippen LogP contribution in [0.3, 0.4) is 0 Å². The summed E-state index contributed by atoms with van der Waals surface area (Å²) >= 11 is 0. The van der Waals surface area contributed by atoms with Crippen molar-refractivity contribution in [2.24, 2.45) is 0 Å². The molecule has 1 heteroatoms. The second-order valence-electron chi connectivity index (χ2n) is 7.19. The number of hydrogen-bond acceptors (Lipinski definition) is 1. The van der Waals surface area contributed by atoms with Crippen LogP contribution in [0.2, 0.25) is 0 Å². The highest BCUT2D eigenvalue weighted by molar-refractivity contribution is 5.86. The van der Waals surface area contributed by atoms with Crippen molar-refractivity contribution in [3.8, 4) is 16.9 Å². The van der Waals surface area contributed by atoms with Gasteiger partial charge < -0.3 is 4.74 Å². The Morgan fingerprint density at radius 2 is 1.73 bits per heavy atom. The molecular formula is C21H24O. The van der Waals surface area contributed by atoms with Crippen molar-refractivity contribution in [3.05, 3.63) is 58.7 Å². The summed E-state index contributed by atoms with van der Waals surface area (Å²) in [5.74, 6) is 1.02. The van der Waals surface area contributed by atoms with Gasteiger partial charge in [0, 0.05) is 11.1 Å². The normalized spacial score (nSPS) is 13.8. The molecule has 0 N–H and O–H groups in total. The summed E-state index contributed by atoms with van der Waals surface area (Å²) in [6.45, 7) is 8.96. The highest BCUT2D eigenvalue weighted by atomic mass is 16.5. The zero-order valence-electron chi connectivity index (χ0n) is 14.2. The summed E-state index contributed by atoms with van der Waals surface area (Å²) in [6, 6.07) is 12.9. The van der Waals surface area contributed by atoms with Gasteiger partial charge in [0.15, 0.2) is 0 Å². The van der Waals surface area contributed by atoms with Gasteiger partial charge in [-0.05, 0) is 35.4 Å². The molecule has 0 aliphatic heterocycles.